The van der Waals surface area contributed by atoms with Crippen molar-refractivity contribution in [3.63, 3.8) is 0 Å². The molecule has 0 aromatic heterocycles. The molecule has 0 atom stereocenters. The molecule has 0 radical (unpaired) electrons. The normalized spacial score (nSPS) is 15.3. The maximum Gasteiger partial charge on any atom is 0.253 e. The third-order valence-corrected chi connectivity index (χ3v) is 5.25. The first-order chi connectivity index (χ1) is 11.5. The Morgan fingerprint density at radius 2 is 1.54 bits per heavy atom. The molecule has 1 heterocycles. The molecule has 2 aromatic rings. The summed E-state index contributed by atoms with van der Waals surface area (Å²) in [6.07, 6.45) is 3.27. The molecule has 24 heavy (non-hydrogen) atoms. The minimum absolute atomic E-state index is 0.0287. The molecule has 0 bridgehead atoms. The molecule has 1 aliphatic rings. The van der Waals surface area contributed by atoms with E-state index in [9.17, 15) is 13.2 Å². The van der Waals surface area contributed by atoms with Crippen molar-refractivity contribution in [2.75, 3.05) is 13.1 Å². The molecule has 0 unspecified atom stereocenters. The van der Waals surface area contributed by atoms with Gasteiger partial charge < -0.3 is 4.90 Å². The molecule has 3 rings (SSSR count). The molecule has 126 valence electrons. The van der Waals surface area contributed by atoms with Gasteiger partial charge in [-0.25, -0.2) is 13.6 Å². The lowest BCUT2D eigenvalue weighted by Gasteiger charge is -2.26. The van der Waals surface area contributed by atoms with Gasteiger partial charge >= 0.3 is 0 Å². The average molecular weight is 344 g/mol. The first kappa shape index (κ1) is 16.7. The third-order valence-electron chi connectivity index (χ3n) is 4.28. The second-order valence-electron chi connectivity index (χ2n) is 5.97. The summed E-state index contributed by atoms with van der Waals surface area (Å²) in [5, 5.41) is 5.28. The highest BCUT2D eigenvalue weighted by atomic mass is 32.2. The van der Waals surface area contributed by atoms with Crippen LogP contribution in [0.2, 0.25) is 0 Å². The molecule has 0 saturated carbocycles. The Kier molecular flexibility index (Phi) is 4.69. The number of primary sulfonamides is 1. The minimum Gasteiger partial charge on any atom is -0.339 e. The fourth-order valence-corrected chi connectivity index (χ4v) is 3.79. The summed E-state index contributed by atoms with van der Waals surface area (Å²) in [4.78, 5) is 14.4. The predicted molar refractivity (Wildman–Crippen MR) is 93.0 cm³/mol. The molecule has 0 aliphatic carbocycles. The first-order valence-corrected chi connectivity index (χ1v) is 9.53. The van der Waals surface area contributed by atoms with Gasteiger partial charge in [-0.2, -0.15) is 0 Å². The molecule has 1 amide bonds. The molecule has 6 heteroatoms. The van der Waals surface area contributed by atoms with Crippen LogP contribution in [-0.2, 0) is 10.0 Å². The average Bonchev–Trinajstić information content (AvgIpc) is 2.61. The Morgan fingerprint density at radius 3 is 2.17 bits per heavy atom. The van der Waals surface area contributed by atoms with Crippen LogP contribution in [-0.4, -0.2) is 32.3 Å². The number of hydrogen-bond acceptors (Lipinski definition) is 3. The fourth-order valence-electron chi connectivity index (χ4n) is 3.03. The topological polar surface area (TPSA) is 80.5 Å². The van der Waals surface area contributed by atoms with Gasteiger partial charge in [-0.3, -0.25) is 4.79 Å². The summed E-state index contributed by atoms with van der Waals surface area (Å²) in [5.41, 5.74) is 1.88. The number of hydrogen-bond donors (Lipinski definition) is 1. The van der Waals surface area contributed by atoms with Crippen molar-refractivity contribution in [3.8, 4) is 11.1 Å². The summed E-state index contributed by atoms with van der Waals surface area (Å²) >= 11 is 0. The molecule has 5 nitrogen and oxygen atoms in total. The summed E-state index contributed by atoms with van der Waals surface area (Å²) in [6, 6.07) is 13.6. The lowest BCUT2D eigenvalue weighted by atomic mass is 10.0. The van der Waals surface area contributed by atoms with Crippen molar-refractivity contribution in [2.45, 2.75) is 24.2 Å². The smallest absolute Gasteiger partial charge is 0.253 e. The van der Waals surface area contributed by atoms with E-state index in [4.69, 9.17) is 5.14 Å². The van der Waals surface area contributed by atoms with E-state index in [0.29, 0.717) is 11.1 Å². The standard InChI is InChI=1S/C18H20N2O3S/c19-24(22,23)17-7-3-2-6-16(17)14-8-10-15(11-9-14)18(21)20-12-4-1-5-13-20/h2-3,6-11H,1,4-5,12-13H2,(H2,19,22,23). The Labute approximate surface area is 142 Å². The molecule has 1 saturated heterocycles. The summed E-state index contributed by atoms with van der Waals surface area (Å²) < 4.78 is 23.5. The Morgan fingerprint density at radius 1 is 0.917 bits per heavy atom. The third kappa shape index (κ3) is 3.49. The van der Waals surface area contributed by atoms with Crippen molar-refractivity contribution < 1.29 is 13.2 Å². The van der Waals surface area contributed by atoms with E-state index in [2.05, 4.69) is 0 Å². The van der Waals surface area contributed by atoms with Gasteiger partial charge in [0.2, 0.25) is 10.0 Å². The van der Waals surface area contributed by atoms with E-state index < -0.39 is 10.0 Å². The second kappa shape index (κ2) is 6.75. The Balaban J connectivity index is 1.89. The summed E-state index contributed by atoms with van der Waals surface area (Å²) in [6.45, 7) is 1.60. The fraction of sp³-hybridized carbons (Fsp3) is 0.278. The van der Waals surface area contributed by atoms with Crippen molar-refractivity contribution in [1.29, 1.82) is 0 Å². The van der Waals surface area contributed by atoms with Crippen LogP contribution in [0, 0.1) is 0 Å². The van der Waals surface area contributed by atoms with E-state index in [1.807, 2.05) is 4.90 Å². The van der Waals surface area contributed by atoms with Crippen LogP contribution in [0.5, 0.6) is 0 Å². The van der Waals surface area contributed by atoms with Gasteiger partial charge in [0.25, 0.3) is 5.91 Å². The van der Waals surface area contributed by atoms with Gasteiger partial charge in [0.1, 0.15) is 0 Å². The molecule has 2 aromatic carbocycles. The summed E-state index contributed by atoms with van der Waals surface area (Å²) in [7, 11) is -3.80. The highest BCUT2D eigenvalue weighted by Gasteiger charge is 2.19. The van der Waals surface area contributed by atoms with Gasteiger partial charge in [0.05, 0.1) is 4.90 Å². The summed E-state index contributed by atoms with van der Waals surface area (Å²) in [5.74, 6) is 0.0287. The number of sulfonamides is 1. The van der Waals surface area contributed by atoms with Crippen LogP contribution < -0.4 is 5.14 Å². The maximum atomic E-state index is 12.5. The number of nitrogens with zero attached hydrogens (tertiary/aromatic N) is 1. The van der Waals surface area contributed by atoms with Crippen LogP contribution >= 0.6 is 0 Å². The van der Waals surface area contributed by atoms with Gasteiger partial charge in [-0.1, -0.05) is 30.3 Å². The van der Waals surface area contributed by atoms with Gasteiger partial charge in [0, 0.05) is 24.2 Å². The van der Waals surface area contributed by atoms with Crippen molar-refractivity contribution in [1.82, 2.24) is 4.90 Å². The maximum absolute atomic E-state index is 12.5. The molecule has 1 fully saturated rings. The lowest BCUT2D eigenvalue weighted by molar-refractivity contribution is 0.0724. The van der Waals surface area contributed by atoms with Gasteiger partial charge in [-0.15, -0.1) is 0 Å². The van der Waals surface area contributed by atoms with Crippen LogP contribution in [0.15, 0.2) is 53.4 Å². The second-order valence-corrected chi connectivity index (χ2v) is 7.50. The van der Waals surface area contributed by atoms with E-state index in [1.165, 1.54) is 12.5 Å². The van der Waals surface area contributed by atoms with Crippen molar-refractivity contribution in [2.24, 2.45) is 5.14 Å². The number of carbonyl (C=O) groups excluding carboxylic acids is 1. The quantitative estimate of drug-likeness (QED) is 0.929. The molecule has 0 spiro atoms. The zero-order chi connectivity index (χ0) is 17.2. The van der Waals surface area contributed by atoms with Gasteiger partial charge in [-0.05, 0) is 43.0 Å². The van der Waals surface area contributed by atoms with Crippen molar-refractivity contribution in [3.05, 3.63) is 54.1 Å². The van der Waals surface area contributed by atoms with E-state index >= 15 is 0 Å². The first-order valence-electron chi connectivity index (χ1n) is 7.98. The molecular formula is C18H20N2O3S. The lowest BCUT2D eigenvalue weighted by Crippen LogP contribution is -2.35. The number of benzene rings is 2. The van der Waals surface area contributed by atoms with E-state index in [-0.39, 0.29) is 10.8 Å². The van der Waals surface area contributed by atoms with Crippen LogP contribution in [0.3, 0.4) is 0 Å². The van der Waals surface area contributed by atoms with E-state index in [0.717, 1.165) is 31.5 Å². The zero-order valence-electron chi connectivity index (χ0n) is 13.3. The SMILES string of the molecule is NS(=O)(=O)c1ccccc1-c1ccc(C(=O)N2CCCCC2)cc1. The molecule has 2 N–H and O–H groups in total. The molecule has 1 aliphatic heterocycles. The molecular weight excluding hydrogens is 324 g/mol. The van der Waals surface area contributed by atoms with E-state index in [1.54, 1.807) is 42.5 Å². The number of rotatable bonds is 3. The van der Waals surface area contributed by atoms with Crippen LogP contribution in [0.25, 0.3) is 11.1 Å². The number of carbonyl (C=O) groups is 1. The highest BCUT2D eigenvalue weighted by molar-refractivity contribution is 7.89. The zero-order valence-corrected chi connectivity index (χ0v) is 14.1. The Hall–Kier alpha value is -2.18. The number of nitrogens with two attached hydrogens (primary N) is 1. The van der Waals surface area contributed by atoms with Crippen LogP contribution in [0.1, 0.15) is 29.6 Å². The number of likely N-dealkylation sites (tertiary alicyclic amines) is 1. The largest absolute Gasteiger partial charge is 0.339 e. The van der Waals surface area contributed by atoms with Gasteiger partial charge in [0.15, 0.2) is 0 Å². The van der Waals surface area contributed by atoms with Crippen LogP contribution in [0.4, 0.5) is 0 Å². The predicted octanol–water partition coefficient (Wildman–Crippen LogP) is 2.63. The Bertz CT molecular complexity index is 839. The highest BCUT2D eigenvalue weighted by Crippen LogP contribution is 2.27. The minimum atomic E-state index is -3.80. The monoisotopic (exact) mass is 344 g/mol. The number of amides is 1. The van der Waals surface area contributed by atoms with Crippen molar-refractivity contribution >= 4 is 15.9 Å². The number of piperidine rings is 1.